The Hall–Kier alpha value is -0.0431. The Labute approximate surface area is 29.4 Å². The summed E-state index contributed by atoms with van der Waals surface area (Å²) in [4.78, 5) is 0. The molecular formula is C3H6Si. The van der Waals surface area contributed by atoms with Crippen LogP contribution < -0.4 is 0 Å². The fourth-order valence-corrected chi connectivity index (χ4v) is 0. The summed E-state index contributed by atoms with van der Waals surface area (Å²) in [5, 5.41) is 0. The van der Waals surface area contributed by atoms with E-state index in [9.17, 15) is 0 Å². The topological polar surface area (TPSA) is 0 Å². The zero-order valence-electron chi connectivity index (χ0n) is 2.78. The molecule has 0 atom stereocenters. The number of hydrogen-bond acceptors (Lipinski definition) is 0. The van der Waals surface area contributed by atoms with Crippen molar-refractivity contribution in [3.05, 3.63) is 12.3 Å². The Bertz CT molecular complexity index is 17.2. The van der Waals surface area contributed by atoms with Crippen molar-refractivity contribution >= 4 is 9.52 Å². The molecule has 0 nitrogen and oxygen atoms in total. The Morgan fingerprint density at radius 1 is 2.00 bits per heavy atom. The van der Waals surface area contributed by atoms with Crippen molar-refractivity contribution < 1.29 is 0 Å². The van der Waals surface area contributed by atoms with Crippen LogP contribution in [-0.2, 0) is 0 Å². The third-order valence-corrected chi connectivity index (χ3v) is 0.612. The van der Waals surface area contributed by atoms with Crippen molar-refractivity contribution in [2.24, 2.45) is 0 Å². The summed E-state index contributed by atoms with van der Waals surface area (Å²) in [6, 6.07) is 0. The summed E-state index contributed by atoms with van der Waals surface area (Å²) >= 11 is 0. The van der Waals surface area contributed by atoms with E-state index in [1.54, 1.807) is 0 Å². The van der Waals surface area contributed by atoms with Crippen molar-refractivity contribution in [3.63, 3.8) is 0 Å². The predicted molar refractivity (Wildman–Crippen MR) is 21.8 cm³/mol. The van der Waals surface area contributed by atoms with Crippen LogP contribution >= 0.6 is 0 Å². The second kappa shape index (κ2) is 2.96. The molecule has 4 heavy (non-hydrogen) atoms. The molecule has 1 heteroatoms. The Morgan fingerprint density at radius 2 is 2.25 bits per heavy atom. The largest absolute Gasteiger partial charge is 0.107 e. The molecule has 0 spiro atoms. The summed E-state index contributed by atoms with van der Waals surface area (Å²) in [5.41, 5.74) is 1.90. The first-order valence-electron chi connectivity index (χ1n) is 1.20. The standard InChI is InChI=1S/C3H6Si/c1-3-4-2/h3H,1H2,2H3. The molecule has 0 heterocycles. The molecule has 2 radical (unpaired) electrons. The molecule has 0 unspecified atom stereocenters. The van der Waals surface area contributed by atoms with Crippen molar-refractivity contribution in [3.8, 4) is 0 Å². The predicted octanol–water partition coefficient (Wildman–Crippen LogP) is 0.882. The van der Waals surface area contributed by atoms with Gasteiger partial charge in [0.05, 0.1) is 9.52 Å². The third kappa shape index (κ3) is 1.96. The van der Waals surface area contributed by atoms with Crippen LogP contribution in [0.2, 0.25) is 6.55 Å². The molecule has 0 N–H and O–H groups in total. The molecule has 0 fully saturated rings. The summed E-state index contributed by atoms with van der Waals surface area (Å²) < 4.78 is 0. The van der Waals surface area contributed by atoms with Gasteiger partial charge < -0.3 is 0 Å². The van der Waals surface area contributed by atoms with E-state index in [1.165, 1.54) is 0 Å². The second-order valence-corrected chi connectivity index (χ2v) is 1.48. The highest BCUT2D eigenvalue weighted by molar-refractivity contribution is 6.39. The minimum atomic E-state index is 0.904. The maximum atomic E-state index is 3.49. The van der Waals surface area contributed by atoms with E-state index >= 15 is 0 Å². The van der Waals surface area contributed by atoms with Crippen molar-refractivity contribution in [1.29, 1.82) is 0 Å². The molecule has 22 valence electrons. The molecule has 0 aliphatic rings. The van der Waals surface area contributed by atoms with Crippen LogP contribution in [0.25, 0.3) is 0 Å². The first kappa shape index (κ1) is 3.96. The molecule has 0 aromatic rings. The number of hydrogen-bond donors (Lipinski definition) is 0. The molecule has 0 saturated heterocycles. The van der Waals surface area contributed by atoms with Gasteiger partial charge in [-0.15, -0.1) is 12.3 Å². The van der Waals surface area contributed by atoms with Gasteiger partial charge in [-0.3, -0.25) is 0 Å². The maximum Gasteiger partial charge on any atom is 0.0660 e. The molecule has 0 aliphatic carbocycles. The summed E-state index contributed by atoms with van der Waals surface area (Å²) in [7, 11) is 0.904. The van der Waals surface area contributed by atoms with Gasteiger partial charge in [0.15, 0.2) is 0 Å². The quantitative estimate of drug-likeness (QED) is 0.402. The fourth-order valence-electron chi connectivity index (χ4n) is 0. The summed E-state index contributed by atoms with van der Waals surface area (Å²) in [6.45, 7) is 5.58. The lowest BCUT2D eigenvalue weighted by atomic mass is 11.3. The van der Waals surface area contributed by atoms with Gasteiger partial charge in [0, 0.05) is 0 Å². The molecule has 0 amide bonds. The molecule has 0 bridgehead atoms. The van der Waals surface area contributed by atoms with Crippen LogP contribution in [0.15, 0.2) is 12.3 Å². The van der Waals surface area contributed by atoms with E-state index in [0.717, 1.165) is 9.52 Å². The molecular weight excluding hydrogens is 64.1 g/mol. The van der Waals surface area contributed by atoms with Gasteiger partial charge in [-0.25, -0.2) is 0 Å². The lowest BCUT2D eigenvalue weighted by molar-refractivity contribution is 2.26. The van der Waals surface area contributed by atoms with Crippen LogP contribution in [0.5, 0.6) is 0 Å². The SMILES string of the molecule is C=C[Si]C. The van der Waals surface area contributed by atoms with Gasteiger partial charge >= 0.3 is 0 Å². The van der Waals surface area contributed by atoms with Crippen molar-refractivity contribution in [2.75, 3.05) is 0 Å². The average Bonchev–Trinajstić information content (AvgIpc) is 1.37. The molecule has 0 aromatic heterocycles. The average molecular weight is 70.2 g/mol. The first-order valence-corrected chi connectivity index (χ1v) is 2.77. The highest BCUT2D eigenvalue weighted by Crippen LogP contribution is 1.48. The van der Waals surface area contributed by atoms with Gasteiger partial charge in [-0.1, -0.05) is 6.55 Å². The summed E-state index contributed by atoms with van der Waals surface area (Å²) in [5.74, 6) is 0. The van der Waals surface area contributed by atoms with E-state index in [0.29, 0.717) is 0 Å². The van der Waals surface area contributed by atoms with E-state index in [1.807, 2.05) is 5.70 Å². The fraction of sp³-hybridized carbons (Fsp3) is 0.333. The molecule has 0 rings (SSSR count). The normalized spacial score (nSPS) is 6.25. The van der Waals surface area contributed by atoms with Crippen LogP contribution in [0.3, 0.4) is 0 Å². The van der Waals surface area contributed by atoms with E-state index < -0.39 is 0 Å². The third-order valence-electron chi connectivity index (χ3n) is 0.204. The van der Waals surface area contributed by atoms with Gasteiger partial charge in [-0.05, 0) is 0 Å². The minimum Gasteiger partial charge on any atom is -0.107 e. The Kier molecular flexibility index (Phi) is 2.93. The van der Waals surface area contributed by atoms with Crippen molar-refractivity contribution in [2.45, 2.75) is 6.55 Å². The number of rotatable bonds is 1. The van der Waals surface area contributed by atoms with Crippen LogP contribution in [-0.4, -0.2) is 9.52 Å². The minimum absolute atomic E-state index is 0.904. The van der Waals surface area contributed by atoms with Crippen molar-refractivity contribution in [1.82, 2.24) is 0 Å². The second-order valence-electron chi connectivity index (χ2n) is 0.493. The lowest BCUT2D eigenvalue weighted by Gasteiger charge is -1.54. The van der Waals surface area contributed by atoms with E-state index in [-0.39, 0.29) is 0 Å². The maximum absolute atomic E-state index is 3.49. The van der Waals surface area contributed by atoms with Gasteiger partial charge in [0.25, 0.3) is 0 Å². The van der Waals surface area contributed by atoms with Crippen LogP contribution in [0.4, 0.5) is 0 Å². The van der Waals surface area contributed by atoms with Crippen LogP contribution in [0, 0.1) is 0 Å². The van der Waals surface area contributed by atoms with Gasteiger partial charge in [0.2, 0.25) is 0 Å². The van der Waals surface area contributed by atoms with E-state index in [2.05, 4.69) is 13.1 Å². The molecule has 0 aromatic carbocycles. The van der Waals surface area contributed by atoms with Gasteiger partial charge in [-0.2, -0.15) is 0 Å². The zero-order valence-corrected chi connectivity index (χ0v) is 3.78. The zero-order chi connectivity index (χ0) is 3.41. The molecule has 0 saturated carbocycles. The van der Waals surface area contributed by atoms with E-state index in [4.69, 9.17) is 0 Å². The lowest BCUT2D eigenvalue weighted by Crippen LogP contribution is -1.61. The first-order chi connectivity index (χ1) is 1.91. The highest BCUT2D eigenvalue weighted by Gasteiger charge is 1.49. The Morgan fingerprint density at radius 3 is 2.25 bits per heavy atom. The summed E-state index contributed by atoms with van der Waals surface area (Å²) in [6.07, 6.45) is 0. The Balaban J connectivity index is 2.30. The highest BCUT2D eigenvalue weighted by atomic mass is 28.2. The monoisotopic (exact) mass is 70.0 g/mol. The van der Waals surface area contributed by atoms with Gasteiger partial charge in [0.1, 0.15) is 0 Å². The van der Waals surface area contributed by atoms with Crippen LogP contribution in [0.1, 0.15) is 0 Å². The smallest absolute Gasteiger partial charge is 0.0660 e. The molecule has 0 aliphatic heterocycles.